The molecule has 0 bridgehead atoms. The van der Waals surface area contributed by atoms with Crippen molar-refractivity contribution >= 4 is 29.1 Å². The lowest BCUT2D eigenvalue weighted by atomic mass is 10.0. The van der Waals surface area contributed by atoms with Crippen molar-refractivity contribution < 1.29 is 14.4 Å². The molecule has 1 aromatic heterocycles. The quantitative estimate of drug-likeness (QED) is 0.849. The van der Waals surface area contributed by atoms with E-state index in [1.807, 2.05) is 17.5 Å². The second-order valence-corrected chi connectivity index (χ2v) is 6.32. The van der Waals surface area contributed by atoms with E-state index >= 15 is 0 Å². The van der Waals surface area contributed by atoms with Crippen LogP contribution in [0.15, 0.2) is 29.1 Å². The number of rotatable bonds is 2. The first-order valence-electron chi connectivity index (χ1n) is 7.30. The van der Waals surface area contributed by atoms with Crippen molar-refractivity contribution in [1.29, 1.82) is 0 Å². The molecule has 4 rings (SSSR count). The zero-order chi connectivity index (χ0) is 16.0. The van der Waals surface area contributed by atoms with E-state index in [2.05, 4.69) is 10.3 Å². The number of hydrogen-bond acceptors (Lipinski definition) is 5. The largest absolute Gasteiger partial charge is 0.322 e. The van der Waals surface area contributed by atoms with Crippen LogP contribution in [-0.2, 0) is 16.1 Å². The molecule has 0 saturated carbocycles. The van der Waals surface area contributed by atoms with Crippen molar-refractivity contribution in [1.82, 2.24) is 15.2 Å². The van der Waals surface area contributed by atoms with E-state index in [0.29, 0.717) is 18.5 Å². The maximum atomic E-state index is 12.7. The van der Waals surface area contributed by atoms with Gasteiger partial charge >= 0.3 is 0 Å². The maximum absolute atomic E-state index is 12.7. The lowest BCUT2D eigenvalue weighted by molar-refractivity contribution is -0.136. The summed E-state index contributed by atoms with van der Waals surface area (Å²) in [6.07, 6.45) is 0.631. The summed E-state index contributed by atoms with van der Waals surface area (Å²) >= 11 is 1.50. The van der Waals surface area contributed by atoms with Crippen molar-refractivity contribution in [2.24, 2.45) is 0 Å². The minimum absolute atomic E-state index is 0.161. The van der Waals surface area contributed by atoms with Gasteiger partial charge in [0.2, 0.25) is 11.8 Å². The predicted octanol–water partition coefficient (Wildman–Crippen LogP) is 1.57. The number of piperidine rings is 1. The number of nitrogens with one attached hydrogen (secondary N) is 1. The van der Waals surface area contributed by atoms with E-state index in [-0.39, 0.29) is 18.2 Å². The Morgan fingerprint density at radius 3 is 2.78 bits per heavy atom. The van der Waals surface area contributed by atoms with Gasteiger partial charge < -0.3 is 4.90 Å². The van der Waals surface area contributed by atoms with Crippen LogP contribution >= 0.6 is 11.3 Å². The molecule has 1 aromatic carbocycles. The molecule has 3 amide bonds. The summed E-state index contributed by atoms with van der Waals surface area (Å²) in [5.41, 5.74) is 5.02. The van der Waals surface area contributed by atoms with E-state index < -0.39 is 11.9 Å². The van der Waals surface area contributed by atoms with Crippen LogP contribution in [-0.4, -0.2) is 33.6 Å². The van der Waals surface area contributed by atoms with Crippen LogP contribution in [0.3, 0.4) is 0 Å². The Kier molecular flexibility index (Phi) is 3.23. The van der Waals surface area contributed by atoms with Crippen molar-refractivity contribution in [2.45, 2.75) is 25.4 Å². The van der Waals surface area contributed by atoms with E-state index in [9.17, 15) is 14.4 Å². The lowest BCUT2D eigenvalue weighted by Gasteiger charge is -2.29. The van der Waals surface area contributed by atoms with Gasteiger partial charge in [0.1, 0.15) is 6.04 Å². The Hall–Kier alpha value is -2.54. The fourth-order valence-electron chi connectivity index (χ4n) is 3.17. The third-order valence-electron chi connectivity index (χ3n) is 4.29. The Morgan fingerprint density at radius 2 is 2.04 bits per heavy atom. The van der Waals surface area contributed by atoms with Crippen molar-refractivity contribution in [3.8, 4) is 11.3 Å². The summed E-state index contributed by atoms with van der Waals surface area (Å²) in [5.74, 6) is -0.831. The SMILES string of the molecule is O=C1CCC(N2Cc3c(cccc3-c3cscn3)C2=O)C(=O)N1. The topological polar surface area (TPSA) is 79.4 Å². The molecule has 0 aliphatic carbocycles. The Balaban J connectivity index is 1.70. The Bertz CT molecular complexity index is 816. The molecule has 2 aliphatic rings. The van der Waals surface area contributed by atoms with Gasteiger partial charge in [0.25, 0.3) is 5.91 Å². The van der Waals surface area contributed by atoms with Gasteiger partial charge in [-0.15, -0.1) is 11.3 Å². The molecule has 116 valence electrons. The summed E-state index contributed by atoms with van der Waals surface area (Å²) in [5, 5.41) is 4.25. The fourth-order valence-corrected chi connectivity index (χ4v) is 3.72. The van der Waals surface area contributed by atoms with Gasteiger partial charge in [0.15, 0.2) is 0 Å². The number of nitrogens with zero attached hydrogens (tertiary/aromatic N) is 2. The van der Waals surface area contributed by atoms with Crippen LogP contribution in [0.25, 0.3) is 11.3 Å². The number of hydrogen-bond donors (Lipinski definition) is 1. The van der Waals surface area contributed by atoms with Crippen molar-refractivity contribution in [3.63, 3.8) is 0 Å². The zero-order valence-electron chi connectivity index (χ0n) is 12.1. The number of fused-ring (bicyclic) bond motifs is 1. The van der Waals surface area contributed by atoms with E-state index in [1.54, 1.807) is 16.5 Å². The molecule has 2 aromatic rings. The molecular formula is C16H13N3O3S. The molecule has 1 N–H and O–H groups in total. The van der Waals surface area contributed by atoms with Crippen LogP contribution < -0.4 is 5.32 Å². The average Bonchev–Trinajstić information content (AvgIpc) is 3.16. The summed E-state index contributed by atoms with van der Waals surface area (Å²) in [6.45, 7) is 0.369. The Morgan fingerprint density at radius 1 is 1.22 bits per heavy atom. The molecule has 1 unspecified atom stereocenters. The van der Waals surface area contributed by atoms with E-state index in [1.165, 1.54) is 11.3 Å². The number of imide groups is 1. The number of amides is 3. The van der Waals surface area contributed by atoms with E-state index in [4.69, 9.17) is 0 Å². The molecule has 1 atom stereocenters. The minimum Gasteiger partial charge on any atom is -0.322 e. The maximum Gasteiger partial charge on any atom is 0.255 e. The smallest absolute Gasteiger partial charge is 0.255 e. The summed E-state index contributed by atoms with van der Waals surface area (Å²) in [7, 11) is 0. The van der Waals surface area contributed by atoms with Gasteiger partial charge in [-0.2, -0.15) is 0 Å². The first kappa shape index (κ1) is 14.1. The second-order valence-electron chi connectivity index (χ2n) is 5.61. The van der Waals surface area contributed by atoms with Crippen molar-refractivity contribution in [3.05, 3.63) is 40.2 Å². The van der Waals surface area contributed by atoms with Crippen LogP contribution in [0.2, 0.25) is 0 Å². The molecule has 0 spiro atoms. The van der Waals surface area contributed by atoms with Crippen molar-refractivity contribution in [2.75, 3.05) is 0 Å². The summed E-state index contributed by atoms with van der Waals surface area (Å²) < 4.78 is 0. The number of aromatic nitrogens is 1. The van der Waals surface area contributed by atoms with Gasteiger partial charge in [-0.3, -0.25) is 19.7 Å². The minimum atomic E-state index is -0.587. The van der Waals surface area contributed by atoms with Gasteiger partial charge in [-0.25, -0.2) is 4.98 Å². The molecule has 23 heavy (non-hydrogen) atoms. The zero-order valence-corrected chi connectivity index (χ0v) is 12.9. The third-order valence-corrected chi connectivity index (χ3v) is 4.88. The number of benzene rings is 1. The summed E-state index contributed by atoms with van der Waals surface area (Å²) in [6, 6.07) is 4.96. The van der Waals surface area contributed by atoms with Crippen LogP contribution in [0, 0.1) is 0 Å². The fraction of sp³-hybridized carbons (Fsp3) is 0.250. The predicted molar refractivity (Wildman–Crippen MR) is 83.6 cm³/mol. The summed E-state index contributed by atoms with van der Waals surface area (Å²) in [4.78, 5) is 41.9. The normalized spacial score (nSPS) is 20.6. The number of carbonyl (C=O) groups is 3. The highest BCUT2D eigenvalue weighted by Gasteiger charge is 2.39. The van der Waals surface area contributed by atoms with Gasteiger partial charge in [0, 0.05) is 29.5 Å². The molecule has 0 radical (unpaired) electrons. The highest BCUT2D eigenvalue weighted by molar-refractivity contribution is 7.07. The van der Waals surface area contributed by atoms with E-state index in [0.717, 1.165) is 16.8 Å². The third kappa shape index (κ3) is 2.24. The molecule has 1 fully saturated rings. The monoisotopic (exact) mass is 327 g/mol. The average molecular weight is 327 g/mol. The standard InChI is InChI=1S/C16H13N3O3S/c20-14-5-4-13(15(21)18-14)19-6-11-9(12-7-23-8-17-12)2-1-3-10(11)16(19)22/h1-3,7-8,13H,4-6H2,(H,18,20,21). The van der Waals surface area contributed by atoms with Crippen LogP contribution in [0.1, 0.15) is 28.8 Å². The highest BCUT2D eigenvalue weighted by Crippen LogP contribution is 2.34. The molecule has 2 aliphatic heterocycles. The highest BCUT2D eigenvalue weighted by atomic mass is 32.1. The molecule has 6 nitrogen and oxygen atoms in total. The number of thiazole rings is 1. The Labute approximate surface area is 136 Å². The molecular weight excluding hydrogens is 314 g/mol. The molecule has 7 heteroatoms. The van der Waals surface area contributed by atoms with Crippen LogP contribution in [0.4, 0.5) is 0 Å². The second kappa shape index (κ2) is 5.27. The van der Waals surface area contributed by atoms with Gasteiger partial charge in [0.05, 0.1) is 11.2 Å². The van der Waals surface area contributed by atoms with Crippen LogP contribution in [0.5, 0.6) is 0 Å². The first-order chi connectivity index (χ1) is 11.1. The number of carbonyl (C=O) groups excluding carboxylic acids is 3. The first-order valence-corrected chi connectivity index (χ1v) is 8.24. The van der Waals surface area contributed by atoms with Gasteiger partial charge in [-0.05, 0) is 18.1 Å². The van der Waals surface area contributed by atoms with Gasteiger partial charge in [-0.1, -0.05) is 12.1 Å². The molecule has 3 heterocycles. The molecule has 1 saturated heterocycles. The lowest BCUT2D eigenvalue weighted by Crippen LogP contribution is -2.52.